The van der Waals surface area contributed by atoms with Crippen LogP contribution in [0.15, 0.2) is 41.1 Å². The molecule has 0 aliphatic heterocycles. The van der Waals surface area contributed by atoms with Gasteiger partial charge in [-0.15, -0.1) is 0 Å². The first kappa shape index (κ1) is 16.2. The molecule has 0 bridgehead atoms. The molecule has 2 amide bonds. The number of hydrazine groups is 1. The summed E-state index contributed by atoms with van der Waals surface area (Å²) in [5, 5.41) is 4.14. The number of amides is 2. The molecule has 116 valence electrons. The van der Waals surface area contributed by atoms with Crippen LogP contribution in [0, 0.1) is 0 Å². The van der Waals surface area contributed by atoms with E-state index in [9.17, 15) is 9.59 Å². The maximum atomic E-state index is 12.0. The third kappa shape index (κ3) is 3.94. The summed E-state index contributed by atoms with van der Waals surface area (Å²) < 4.78 is 2.57. The Balaban J connectivity index is 1.96. The van der Waals surface area contributed by atoms with E-state index in [2.05, 4.69) is 31.9 Å². The number of nitrogens with one attached hydrogen (secondary N) is 2. The summed E-state index contributed by atoms with van der Waals surface area (Å²) in [5.74, 6) is -0.801. The van der Waals surface area contributed by atoms with Crippen molar-refractivity contribution >= 4 is 27.7 Å². The van der Waals surface area contributed by atoms with Gasteiger partial charge < -0.3 is 0 Å². The van der Waals surface area contributed by atoms with Crippen molar-refractivity contribution in [2.75, 3.05) is 0 Å². The average molecular weight is 365 g/mol. The molecule has 1 aromatic carbocycles. The van der Waals surface area contributed by atoms with Crippen LogP contribution in [-0.2, 0) is 5.54 Å². The maximum absolute atomic E-state index is 12.0. The lowest BCUT2D eigenvalue weighted by atomic mass is 10.1. The van der Waals surface area contributed by atoms with E-state index in [1.165, 1.54) is 6.20 Å². The van der Waals surface area contributed by atoms with E-state index in [1.807, 2.05) is 20.8 Å². The highest BCUT2D eigenvalue weighted by Gasteiger charge is 2.17. The third-order valence-corrected chi connectivity index (χ3v) is 3.46. The normalized spacial score (nSPS) is 11.1. The molecule has 2 aromatic rings. The molecule has 0 spiro atoms. The molecule has 1 aromatic heterocycles. The van der Waals surface area contributed by atoms with Crippen molar-refractivity contribution < 1.29 is 9.59 Å². The maximum Gasteiger partial charge on any atom is 0.272 e. The van der Waals surface area contributed by atoms with Crippen LogP contribution >= 0.6 is 15.9 Å². The molecule has 0 fully saturated rings. The molecule has 0 unspecified atom stereocenters. The first-order valence-corrected chi connectivity index (χ1v) is 7.48. The van der Waals surface area contributed by atoms with Crippen LogP contribution in [0.2, 0.25) is 0 Å². The number of carbonyl (C=O) groups excluding carboxylic acids is 2. The molecule has 22 heavy (non-hydrogen) atoms. The summed E-state index contributed by atoms with van der Waals surface area (Å²) in [7, 11) is 0. The smallest absolute Gasteiger partial charge is 0.267 e. The fraction of sp³-hybridized carbons (Fsp3) is 0.267. The zero-order valence-corrected chi connectivity index (χ0v) is 14.1. The molecule has 0 saturated carbocycles. The molecule has 2 rings (SSSR count). The molecule has 0 radical (unpaired) electrons. The summed E-state index contributed by atoms with van der Waals surface area (Å²) in [4.78, 5) is 23.9. The van der Waals surface area contributed by atoms with E-state index in [0.717, 1.165) is 4.47 Å². The number of aromatic nitrogens is 2. The Morgan fingerprint density at radius 1 is 1.05 bits per heavy atom. The first-order valence-electron chi connectivity index (χ1n) is 6.69. The van der Waals surface area contributed by atoms with E-state index >= 15 is 0 Å². The summed E-state index contributed by atoms with van der Waals surface area (Å²) >= 11 is 3.29. The summed E-state index contributed by atoms with van der Waals surface area (Å²) in [5.41, 5.74) is 5.37. The third-order valence-electron chi connectivity index (χ3n) is 2.93. The summed E-state index contributed by atoms with van der Waals surface area (Å²) in [6.07, 6.45) is 3.10. The standard InChI is InChI=1S/C15H17BrN4O2/c1-15(2,3)20-9-11(8-17-20)14(22)19-18-13(21)10-4-6-12(16)7-5-10/h4-9H,1-3H3,(H,18,21)(H,19,22). The van der Waals surface area contributed by atoms with E-state index in [0.29, 0.717) is 11.1 Å². The van der Waals surface area contributed by atoms with E-state index in [4.69, 9.17) is 0 Å². The fourth-order valence-corrected chi connectivity index (χ4v) is 1.93. The molecule has 0 atom stereocenters. The number of nitrogens with zero attached hydrogens (tertiary/aromatic N) is 2. The van der Waals surface area contributed by atoms with Gasteiger partial charge in [-0.25, -0.2) is 0 Å². The predicted molar refractivity (Wildman–Crippen MR) is 86.3 cm³/mol. The topological polar surface area (TPSA) is 76.0 Å². The van der Waals surface area contributed by atoms with Gasteiger partial charge in [0.1, 0.15) is 0 Å². The number of hydrogen-bond acceptors (Lipinski definition) is 3. The lowest BCUT2D eigenvalue weighted by Crippen LogP contribution is -2.41. The highest BCUT2D eigenvalue weighted by molar-refractivity contribution is 9.10. The number of hydrogen-bond donors (Lipinski definition) is 2. The van der Waals surface area contributed by atoms with Gasteiger partial charge in [0.25, 0.3) is 11.8 Å². The van der Waals surface area contributed by atoms with Crippen molar-refractivity contribution in [3.05, 3.63) is 52.3 Å². The Morgan fingerprint density at radius 2 is 1.59 bits per heavy atom. The SMILES string of the molecule is CC(C)(C)n1cc(C(=O)NNC(=O)c2ccc(Br)cc2)cn1. The van der Waals surface area contributed by atoms with Crippen LogP contribution in [0.4, 0.5) is 0 Å². The van der Waals surface area contributed by atoms with Gasteiger partial charge >= 0.3 is 0 Å². The lowest BCUT2D eigenvalue weighted by Gasteiger charge is -2.18. The van der Waals surface area contributed by atoms with Crippen LogP contribution in [0.25, 0.3) is 0 Å². The Bertz CT molecular complexity index is 686. The quantitative estimate of drug-likeness (QED) is 0.803. The van der Waals surface area contributed by atoms with Crippen LogP contribution < -0.4 is 10.9 Å². The number of benzene rings is 1. The van der Waals surface area contributed by atoms with E-state index < -0.39 is 5.91 Å². The largest absolute Gasteiger partial charge is 0.272 e. The van der Waals surface area contributed by atoms with Crippen molar-refractivity contribution in [2.45, 2.75) is 26.3 Å². The second-order valence-electron chi connectivity index (χ2n) is 5.76. The van der Waals surface area contributed by atoms with Crippen molar-refractivity contribution in [2.24, 2.45) is 0 Å². The molecule has 0 aliphatic carbocycles. The van der Waals surface area contributed by atoms with Gasteiger partial charge in [-0.1, -0.05) is 15.9 Å². The Kier molecular flexibility index (Phi) is 4.65. The van der Waals surface area contributed by atoms with Crippen molar-refractivity contribution in [1.82, 2.24) is 20.6 Å². The predicted octanol–water partition coefficient (Wildman–Crippen LogP) is 2.48. The Morgan fingerprint density at radius 3 is 2.09 bits per heavy atom. The second-order valence-corrected chi connectivity index (χ2v) is 6.68. The van der Waals surface area contributed by atoms with Gasteiger partial charge in [-0.05, 0) is 45.0 Å². The second kappa shape index (κ2) is 6.31. The van der Waals surface area contributed by atoms with E-state index in [-0.39, 0.29) is 11.4 Å². The molecular formula is C15H17BrN4O2. The Labute approximate surface area is 137 Å². The molecule has 6 nitrogen and oxygen atoms in total. The summed E-state index contributed by atoms with van der Waals surface area (Å²) in [6, 6.07) is 6.82. The highest BCUT2D eigenvalue weighted by Crippen LogP contribution is 2.13. The molecular weight excluding hydrogens is 348 g/mol. The molecule has 0 aliphatic rings. The minimum Gasteiger partial charge on any atom is -0.267 e. The summed E-state index contributed by atoms with van der Waals surface area (Å²) in [6.45, 7) is 5.95. The first-order chi connectivity index (χ1) is 10.3. The fourth-order valence-electron chi connectivity index (χ4n) is 1.67. The zero-order chi connectivity index (χ0) is 16.3. The van der Waals surface area contributed by atoms with Crippen molar-refractivity contribution in [1.29, 1.82) is 0 Å². The minimum atomic E-state index is -0.416. The van der Waals surface area contributed by atoms with Crippen LogP contribution in [0.1, 0.15) is 41.5 Å². The van der Waals surface area contributed by atoms with Gasteiger partial charge in [0.2, 0.25) is 0 Å². The molecule has 7 heteroatoms. The molecule has 0 saturated heterocycles. The minimum absolute atomic E-state index is 0.209. The number of carbonyl (C=O) groups is 2. The monoisotopic (exact) mass is 364 g/mol. The van der Waals surface area contributed by atoms with Gasteiger partial charge in [0.15, 0.2) is 0 Å². The zero-order valence-electron chi connectivity index (χ0n) is 12.6. The average Bonchev–Trinajstić information content (AvgIpc) is 2.95. The molecule has 1 heterocycles. The van der Waals surface area contributed by atoms with Gasteiger partial charge in [-0.3, -0.25) is 25.1 Å². The van der Waals surface area contributed by atoms with Crippen LogP contribution in [0.5, 0.6) is 0 Å². The van der Waals surface area contributed by atoms with Crippen molar-refractivity contribution in [3.8, 4) is 0 Å². The van der Waals surface area contributed by atoms with Crippen molar-refractivity contribution in [3.63, 3.8) is 0 Å². The number of halogens is 1. The van der Waals surface area contributed by atoms with E-state index in [1.54, 1.807) is 35.1 Å². The lowest BCUT2D eigenvalue weighted by molar-refractivity contribution is 0.0846. The molecule has 2 N–H and O–H groups in total. The van der Waals surface area contributed by atoms with Gasteiger partial charge in [0, 0.05) is 16.2 Å². The van der Waals surface area contributed by atoms with Crippen LogP contribution in [0.3, 0.4) is 0 Å². The van der Waals surface area contributed by atoms with Gasteiger partial charge in [0.05, 0.1) is 17.3 Å². The van der Waals surface area contributed by atoms with Gasteiger partial charge in [-0.2, -0.15) is 5.10 Å². The number of rotatable bonds is 2. The van der Waals surface area contributed by atoms with Crippen LogP contribution in [-0.4, -0.2) is 21.6 Å². The highest BCUT2D eigenvalue weighted by atomic mass is 79.9. The Hall–Kier alpha value is -2.15.